The van der Waals surface area contributed by atoms with Crippen LogP contribution in [0.1, 0.15) is 32.0 Å². The van der Waals surface area contributed by atoms with E-state index in [9.17, 15) is 8.78 Å². The summed E-state index contributed by atoms with van der Waals surface area (Å²) in [6.07, 6.45) is 0. The number of nitrogens with zero attached hydrogens (tertiary/aromatic N) is 3. The first-order valence-electron chi connectivity index (χ1n) is 5.90. The summed E-state index contributed by atoms with van der Waals surface area (Å²) in [5.74, 6) is -1.18. The number of nitrogen functional groups attached to an aromatic ring is 1. The molecular weight excluding hydrogens is 250 g/mol. The van der Waals surface area contributed by atoms with Crippen LogP contribution in [0.2, 0.25) is 0 Å². The van der Waals surface area contributed by atoms with Crippen LogP contribution in [-0.2, 0) is 5.41 Å². The van der Waals surface area contributed by atoms with Crippen molar-refractivity contribution in [3.05, 3.63) is 35.0 Å². The molecule has 1 heterocycles. The minimum Gasteiger partial charge on any atom is -0.381 e. The van der Waals surface area contributed by atoms with Crippen molar-refractivity contribution in [1.29, 1.82) is 0 Å². The molecule has 0 bridgehead atoms. The lowest BCUT2D eigenvalue weighted by molar-refractivity contribution is 0.510. The van der Waals surface area contributed by atoms with Gasteiger partial charge in [-0.3, -0.25) is 0 Å². The molecule has 4 nitrogen and oxygen atoms in total. The molecule has 0 saturated carbocycles. The van der Waals surface area contributed by atoms with Gasteiger partial charge in [-0.05, 0) is 18.6 Å². The zero-order chi connectivity index (χ0) is 14.4. The molecule has 6 heteroatoms. The van der Waals surface area contributed by atoms with Gasteiger partial charge in [-0.15, -0.1) is 5.10 Å². The Balaban J connectivity index is 2.78. The number of aromatic nitrogens is 3. The predicted molar refractivity (Wildman–Crippen MR) is 69.1 cm³/mol. The molecule has 0 saturated heterocycles. The third-order valence-electron chi connectivity index (χ3n) is 2.88. The van der Waals surface area contributed by atoms with Crippen LogP contribution < -0.4 is 5.73 Å². The zero-order valence-electron chi connectivity index (χ0n) is 11.3. The number of hydrogen-bond donors (Lipinski definition) is 1. The summed E-state index contributed by atoms with van der Waals surface area (Å²) in [7, 11) is 0. The van der Waals surface area contributed by atoms with Gasteiger partial charge >= 0.3 is 0 Å². The Morgan fingerprint density at radius 2 is 1.84 bits per heavy atom. The van der Waals surface area contributed by atoms with Crippen molar-refractivity contribution in [2.75, 3.05) is 5.73 Å². The highest BCUT2D eigenvalue weighted by Crippen LogP contribution is 2.30. The maximum absolute atomic E-state index is 14.2. The SMILES string of the molecule is Cc1ccc(F)c(-n2nnc(N)c2C(C)(C)C)c1F. The van der Waals surface area contributed by atoms with Gasteiger partial charge in [-0.1, -0.05) is 32.1 Å². The second kappa shape index (κ2) is 4.29. The molecule has 0 atom stereocenters. The number of nitrogens with two attached hydrogens (primary N) is 1. The highest BCUT2D eigenvalue weighted by Gasteiger charge is 2.27. The third-order valence-corrected chi connectivity index (χ3v) is 2.88. The average Bonchev–Trinajstić information content (AvgIpc) is 2.66. The Bertz CT molecular complexity index is 626. The summed E-state index contributed by atoms with van der Waals surface area (Å²) in [4.78, 5) is 0. The maximum atomic E-state index is 14.2. The molecule has 0 radical (unpaired) electrons. The van der Waals surface area contributed by atoms with Crippen molar-refractivity contribution in [3.8, 4) is 5.69 Å². The van der Waals surface area contributed by atoms with E-state index in [-0.39, 0.29) is 11.5 Å². The highest BCUT2D eigenvalue weighted by molar-refractivity contribution is 5.46. The molecule has 1 aromatic heterocycles. The Morgan fingerprint density at radius 3 is 2.42 bits per heavy atom. The fraction of sp³-hybridized carbons (Fsp3) is 0.385. The fourth-order valence-corrected chi connectivity index (χ4v) is 1.99. The molecule has 0 aliphatic rings. The number of hydrogen-bond acceptors (Lipinski definition) is 3. The van der Waals surface area contributed by atoms with Crippen LogP contribution in [0.4, 0.5) is 14.6 Å². The van der Waals surface area contributed by atoms with E-state index in [4.69, 9.17) is 5.73 Å². The molecule has 2 N–H and O–H groups in total. The molecule has 1 aromatic carbocycles. The lowest BCUT2D eigenvalue weighted by Gasteiger charge is -2.20. The largest absolute Gasteiger partial charge is 0.381 e. The zero-order valence-corrected chi connectivity index (χ0v) is 11.3. The van der Waals surface area contributed by atoms with Gasteiger partial charge in [0, 0.05) is 5.41 Å². The van der Waals surface area contributed by atoms with Crippen LogP contribution in [0, 0.1) is 18.6 Å². The van der Waals surface area contributed by atoms with Crippen LogP contribution >= 0.6 is 0 Å². The molecule has 0 amide bonds. The molecule has 0 aliphatic heterocycles. The van der Waals surface area contributed by atoms with Crippen molar-refractivity contribution < 1.29 is 8.78 Å². The van der Waals surface area contributed by atoms with Gasteiger partial charge in [-0.25, -0.2) is 13.5 Å². The number of rotatable bonds is 1. The second-order valence-corrected chi connectivity index (χ2v) is 5.51. The Labute approximate surface area is 110 Å². The first kappa shape index (κ1) is 13.5. The van der Waals surface area contributed by atoms with Crippen molar-refractivity contribution in [2.45, 2.75) is 33.1 Å². The summed E-state index contributed by atoms with van der Waals surface area (Å²) < 4.78 is 29.2. The van der Waals surface area contributed by atoms with E-state index in [1.165, 1.54) is 12.1 Å². The molecular formula is C13H16F2N4. The summed E-state index contributed by atoms with van der Waals surface area (Å²) in [5.41, 5.74) is 5.91. The molecule has 0 spiro atoms. The fourth-order valence-electron chi connectivity index (χ4n) is 1.99. The molecule has 2 rings (SSSR count). The first-order chi connectivity index (χ1) is 8.73. The van der Waals surface area contributed by atoms with Crippen molar-refractivity contribution in [3.63, 3.8) is 0 Å². The number of anilines is 1. The second-order valence-electron chi connectivity index (χ2n) is 5.51. The minimum absolute atomic E-state index is 0.174. The van der Waals surface area contributed by atoms with Gasteiger partial charge in [0.25, 0.3) is 0 Å². The molecule has 2 aromatic rings. The van der Waals surface area contributed by atoms with E-state index in [2.05, 4.69) is 10.3 Å². The van der Waals surface area contributed by atoms with Crippen LogP contribution in [0.3, 0.4) is 0 Å². The standard InChI is InChI=1S/C13H16F2N4/c1-7-5-6-8(14)10(9(7)15)19-11(13(2,3)4)12(16)17-18-19/h5-6H,16H2,1-4H3. The van der Waals surface area contributed by atoms with Gasteiger partial charge in [0.2, 0.25) is 0 Å². The molecule has 0 aliphatic carbocycles. The maximum Gasteiger partial charge on any atom is 0.170 e. The normalized spacial score (nSPS) is 11.9. The van der Waals surface area contributed by atoms with Gasteiger partial charge < -0.3 is 5.73 Å². The van der Waals surface area contributed by atoms with Crippen LogP contribution in [-0.4, -0.2) is 15.0 Å². The van der Waals surface area contributed by atoms with Gasteiger partial charge in [0.1, 0.15) is 5.69 Å². The number of benzene rings is 1. The van der Waals surface area contributed by atoms with Gasteiger partial charge in [0.15, 0.2) is 17.5 Å². The average molecular weight is 266 g/mol. The lowest BCUT2D eigenvalue weighted by atomic mass is 9.91. The summed E-state index contributed by atoms with van der Waals surface area (Å²) >= 11 is 0. The Hall–Kier alpha value is -1.98. The smallest absolute Gasteiger partial charge is 0.170 e. The van der Waals surface area contributed by atoms with Gasteiger partial charge in [-0.2, -0.15) is 0 Å². The van der Waals surface area contributed by atoms with E-state index in [1.54, 1.807) is 6.92 Å². The van der Waals surface area contributed by atoms with E-state index < -0.39 is 17.0 Å². The van der Waals surface area contributed by atoms with E-state index in [0.29, 0.717) is 11.3 Å². The van der Waals surface area contributed by atoms with E-state index in [1.807, 2.05) is 20.8 Å². The predicted octanol–water partition coefficient (Wildman–Crippen LogP) is 2.73. The molecule has 0 unspecified atom stereocenters. The monoisotopic (exact) mass is 266 g/mol. The number of aryl methyl sites for hydroxylation is 1. The highest BCUT2D eigenvalue weighted by atomic mass is 19.1. The van der Waals surface area contributed by atoms with Crippen LogP contribution in [0.15, 0.2) is 12.1 Å². The van der Waals surface area contributed by atoms with Crippen molar-refractivity contribution in [1.82, 2.24) is 15.0 Å². The summed E-state index contributed by atoms with van der Waals surface area (Å²) in [6.45, 7) is 7.20. The Morgan fingerprint density at radius 1 is 1.21 bits per heavy atom. The molecule has 0 fully saturated rings. The topological polar surface area (TPSA) is 56.7 Å². The summed E-state index contributed by atoms with van der Waals surface area (Å²) in [6, 6.07) is 2.59. The molecule has 19 heavy (non-hydrogen) atoms. The lowest BCUT2D eigenvalue weighted by Crippen LogP contribution is -2.20. The molecule has 102 valence electrons. The first-order valence-corrected chi connectivity index (χ1v) is 5.90. The van der Waals surface area contributed by atoms with Gasteiger partial charge in [0.05, 0.1) is 5.69 Å². The quantitative estimate of drug-likeness (QED) is 0.863. The van der Waals surface area contributed by atoms with Crippen LogP contribution in [0.25, 0.3) is 5.69 Å². The van der Waals surface area contributed by atoms with E-state index in [0.717, 1.165) is 4.68 Å². The van der Waals surface area contributed by atoms with Crippen molar-refractivity contribution >= 4 is 5.82 Å². The third kappa shape index (κ3) is 2.18. The number of halogens is 2. The Kier molecular flexibility index (Phi) is 3.04. The van der Waals surface area contributed by atoms with E-state index >= 15 is 0 Å². The van der Waals surface area contributed by atoms with Crippen LogP contribution in [0.5, 0.6) is 0 Å². The van der Waals surface area contributed by atoms with Crippen molar-refractivity contribution in [2.24, 2.45) is 0 Å². The minimum atomic E-state index is -0.696. The summed E-state index contributed by atoms with van der Waals surface area (Å²) in [5, 5.41) is 7.51.